The average Bonchev–Trinajstić information content (AvgIpc) is 2.66. The number of phenols is 2. The lowest BCUT2D eigenvalue weighted by Gasteiger charge is -2.21. The molecule has 0 spiro atoms. The lowest BCUT2D eigenvalue weighted by atomic mass is 9.90. The van der Waals surface area contributed by atoms with Crippen molar-refractivity contribution in [3.63, 3.8) is 0 Å². The molecule has 146 valence electrons. The van der Waals surface area contributed by atoms with E-state index >= 15 is 0 Å². The van der Waals surface area contributed by atoms with Gasteiger partial charge in [-0.1, -0.05) is 19.1 Å². The predicted octanol–water partition coefficient (Wildman–Crippen LogP) is 2.98. The number of aromatic hydroxyl groups is 2. The van der Waals surface area contributed by atoms with Crippen LogP contribution < -0.4 is 4.74 Å². The minimum atomic E-state index is -0.115. The summed E-state index contributed by atoms with van der Waals surface area (Å²) in [4.78, 5) is 14.3. The van der Waals surface area contributed by atoms with Crippen molar-refractivity contribution >= 4 is 5.91 Å². The van der Waals surface area contributed by atoms with Crippen LogP contribution in [0.1, 0.15) is 18.1 Å². The van der Waals surface area contributed by atoms with Crippen LogP contribution in [-0.2, 0) is 22.4 Å². The van der Waals surface area contributed by atoms with E-state index in [9.17, 15) is 15.0 Å². The summed E-state index contributed by atoms with van der Waals surface area (Å²) in [6.45, 7) is 2.82. The standard InChI is InChI=1S/C21H27NO5/c1-5-16-17(12-20(25)22(2)9-10-26-3)21(19(24)13-18(16)23)14-7-6-8-15(11-14)27-4/h6-8,11,13,23-24H,5,9-10,12H2,1-4H3. The lowest BCUT2D eigenvalue weighted by Crippen LogP contribution is -2.31. The molecule has 0 aromatic heterocycles. The summed E-state index contributed by atoms with van der Waals surface area (Å²) >= 11 is 0. The molecule has 0 atom stereocenters. The summed E-state index contributed by atoms with van der Waals surface area (Å²) in [5, 5.41) is 20.9. The van der Waals surface area contributed by atoms with Crippen LogP contribution in [0, 0.1) is 0 Å². The van der Waals surface area contributed by atoms with Crippen molar-refractivity contribution in [2.75, 3.05) is 34.4 Å². The Labute approximate surface area is 160 Å². The van der Waals surface area contributed by atoms with E-state index in [1.165, 1.54) is 6.07 Å². The van der Waals surface area contributed by atoms with Crippen molar-refractivity contribution < 1.29 is 24.5 Å². The van der Waals surface area contributed by atoms with Gasteiger partial charge in [-0.05, 0) is 35.2 Å². The fourth-order valence-corrected chi connectivity index (χ4v) is 3.08. The van der Waals surface area contributed by atoms with Crippen LogP contribution in [-0.4, -0.2) is 55.4 Å². The maximum atomic E-state index is 12.7. The zero-order valence-corrected chi connectivity index (χ0v) is 16.3. The molecule has 0 unspecified atom stereocenters. The number of nitrogens with zero attached hydrogens (tertiary/aromatic N) is 1. The van der Waals surface area contributed by atoms with Crippen molar-refractivity contribution in [2.45, 2.75) is 19.8 Å². The van der Waals surface area contributed by atoms with Gasteiger partial charge in [0.05, 0.1) is 20.1 Å². The zero-order chi connectivity index (χ0) is 20.0. The number of methoxy groups -OCH3 is 2. The third-order valence-corrected chi connectivity index (χ3v) is 4.60. The van der Waals surface area contributed by atoms with E-state index in [2.05, 4.69) is 0 Å². The molecule has 0 aliphatic heterocycles. The third kappa shape index (κ3) is 4.71. The van der Waals surface area contributed by atoms with Crippen molar-refractivity contribution in [3.8, 4) is 28.4 Å². The first-order valence-corrected chi connectivity index (χ1v) is 8.86. The Morgan fingerprint density at radius 3 is 2.48 bits per heavy atom. The van der Waals surface area contributed by atoms with Gasteiger partial charge in [0, 0.05) is 32.3 Å². The number of phenolic OH excluding ortho intramolecular Hbond substituents is 2. The van der Waals surface area contributed by atoms with Crippen LogP contribution >= 0.6 is 0 Å². The third-order valence-electron chi connectivity index (χ3n) is 4.60. The zero-order valence-electron chi connectivity index (χ0n) is 16.3. The lowest BCUT2D eigenvalue weighted by molar-refractivity contribution is -0.129. The molecule has 0 saturated carbocycles. The van der Waals surface area contributed by atoms with E-state index in [-0.39, 0.29) is 23.8 Å². The molecule has 0 saturated heterocycles. The second-order valence-electron chi connectivity index (χ2n) is 6.32. The highest BCUT2D eigenvalue weighted by molar-refractivity contribution is 5.85. The Kier molecular flexibility index (Phi) is 7.07. The normalized spacial score (nSPS) is 10.7. The Bertz CT molecular complexity index is 803. The largest absolute Gasteiger partial charge is 0.508 e. The van der Waals surface area contributed by atoms with E-state index in [0.717, 1.165) is 5.56 Å². The molecule has 6 heteroatoms. The first-order valence-electron chi connectivity index (χ1n) is 8.86. The number of hydrogen-bond acceptors (Lipinski definition) is 5. The minimum absolute atomic E-state index is 0.0102. The SMILES string of the molecule is CCc1c(O)cc(O)c(-c2cccc(OC)c2)c1CC(=O)N(C)CCOC. The summed E-state index contributed by atoms with van der Waals surface area (Å²) < 4.78 is 10.3. The number of hydrogen-bond donors (Lipinski definition) is 2. The molecule has 6 nitrogen and oxygen atoms in total. The molecule has 0 aliphatic rings. The fourth-order valence-electron chi connectivity index (χ4n) is 3.08. The van der Waals surface area contributed by atoms with Gasteiger partial charge >= 0.3 is 0 Å². The summed E-state index contributed by atoms with van der Waals surface area (Å²) in [5.41, 5.74) is 2.54. The number of amides is 1. The summed E-state index contributed by atoms with van der Waals surface area (Å²) in [6, 6.07) is 8.61. The maximum absolute atomic E-state index is 12.7. The Hall–Kier alpha value is -2.73. The number of ether oxygens (including phenoxy) is 2. The monoisotopic (exact) mass is 373 g/mol. The second-order valence-corrected chi connectivity index (χ2v) is 6.32. The van der Waals surface area contributed by atoms with Crippen LogP contribution in [0.4, 0.5) is 0 Å². The van der Waals surface area contributed by atoms with Crippen molar-refractivity contribution in [3.05, 3.63) is 41.5 Å². The number of carbonyl (C=O) groups excluding carboxylic acids is 1. The van der Waals surface area contributed by atoms with Gasteiger partial charge < -0.3 is 24.6 Å². The van der Waals surface area contributed by atoms with Crippen LogP contribution in [0.25, 0.3) is 11.1 Å². The average molecular weight is 373 g/mol. The van der Waals surface area contributed by atoms with Crippen LogP contribution in [0.5, 0.6) is 17.2 Å². The maximum Gasteiger partial charge on any atom is 0.226 e. The van der Waals surface area contributed by atoms with E-state index in [0.29, 0.717) is 42.0 Å². The van der Waals surface area contributed by atoms with Crippen LogP contribution in [0.15, 0.2) is 30.3 Å². The molecule has 2 aromatic rings. The van der Waals surface area contributed by atoms with Crippen molar-refractivity contribution in [1.82, 2.24) is 4.90 Å². The molecule has 1 amide bonds. The molecule has 2 aromatic carbocycles. The number of rotatable bonds is 8. The first kappa shape index (κ1) is 20.6. The van der Waals surface area contributed by atoms with Gasteiger partial charge in [0.1, 0.15) is 17.2 Å². The smallest absolute Gasteiger partial charge is 0.226 e. The highest BCUT2D eigenvalue weighted by Gasteiger charge is 2.22. The van der Waals surface area contributed by atoms with E-state index in [1.54, 1.807) is 32.2 Å². The van der Waals surface area contributed by atoms with E-state index in [4.69, 9.17) is 9.47 Å². The van der Waals surface area contributed by atoms with Crippen molar-refractivity contribution in [2.24, 2.45) is 0 Å². The van der Waals surface area contributed by atoms with E-state index in [1.807, 2.05) is 25.1 Å². The molecule has 0 fully saturated rings. The molecule has 2 N–H and O–H groups in total. The minimum Gasteiger partial charge on any atom is -0.508 e. The van der Waals surface area contributed by atoms with Crippen LogP contribution in [0.3, 0.4) is 0 Å². The van der Waals surface area contributed by atoms with Gasteiger partial charge in [-0.2, -0.15) is 0 Å². The summed E-state index contributed by atoms with van der Waals surface area (Å²) in [7, 11) is 4.87. The number of benzene rings is 2. The molecule has 0 radical (unpaired) electrons. The number of likely N-dealkylation sites (N-methyl/N-ethyl adjacent to an activating group) is 1. The van der Waals surface area contributed by atoms with Crippen LogP contribution in [0.2, 0.25) is 0 Å². The van der Waals surface area contributed by atoms with Crippen molar-refractivity contribution in [1.29, 1.82) is 0 Å². The van der Waals surface area contributed by atoms with Gasteiger partial charge in [-0.3, -0.25) is 4.79 Å². The first-order chi connectivity index (χ1) is 12.9. The highest BCUT2D eigenvalue weighted by Crippen LogP contribution is 2.41. The molecule has 0 heterocycles. The Morgan fingerprint density at radius 1 is 1.11 bits per heavy atom. The second kappa shape index (κ2) is 9.28. The van der Waals surface area contributed by atoms with Gasteiger partial charge in [0.2, 0.25) is 5.91 Å². The molecule has 0 aliphatic carbocycles. The molecule has 27 heavy (non-hydrogen) atoms. The number of carbonyl (C=O) groups is 1. The Balaban J connectivity index is 2.54. The topological polar surface area (TPSA) is 79.2 Å². The summed E-state index contributed by atoms with van der Waals surface area (Å²) in [5.74, 6) is 0.452. The van der Waals surface area contributed by atoms with Gasteiger partial charge in [0.15, 0.2) is 0 Å². The molecule has 0 bridgehead atoms. The van der Waals surface area contributed by atoms with Gasteiger partial charge in [0.25, 0.3) is 0 Å². The molecular formula is C21H27NO5. The Morgan fingerprint density at radius 2 is 1.85 bits per heavy atom. The van der Waals surface area contributed by atoms with Gasteiger partial charge in [-0.15, -0.1) is 0 Å². The molecular weight excluding hydrogens is 346 g/mol. The quantitative estimate of drug-likeness (QED) is 0.744. The van der Waals surface area contributed by atoms with Gasteiger partial charge in [-0.25, -0.2) is 0 Å². The van der Waals surface area contributed by atoms with E-state index < -0.39 is 0 Å². The predicted molar refractivity (Wildman–Crippen MR) is 104 cm³/mol. The summed E-state index contributed by atoms with van der Waals surface area (Å²) in [6.07, 6.45) is 0.603. The molecule has 2 rings (SSSR count). The highest BCUT2D eigenvalue weighted by atomic mass is 16.5. The fraction of sp³-hybridized carbons (Fsp3) is 0.381.